The Hall–Kier alpha value is -2.03. The van der Waals surface area contributed by atoms with Gasteiger partial charge in [0.05, 0.1) is 42.9 Å². The molecule has 1 amide bonds. The number of halogens is 1. The lowest BCUT2D eigenvalue weighted by Gasteiger charge is -2.37. The summed E-state index contributed by atoms with van der Waals surface area (Å²) in [5, 5.41) is 6.28. The first-order valence-electron chi connectivity index (χ1n) is 8.80. The molecule has 1 aromatic carbocycles. The number of hydrogen-bond donors (Lipinski definition) is 2. The molecule has 3 rings (SSSR count). The molecular formula is C18H23ClN2O6. The molecule has 0 unspecified atom stereocenters. The van der Waals surface area contributed by atoms with Gasteiger partial charge in [-0.2, -0.15) is 0 Å². The lowest BCUT2D eigenvalue weighted by atomic mass is 9.88. The zero-order valence-corrected chi connectivity index (χ0v) is 15.9. The summed E-state index contributed by atoms with van der Waals surface area (Å²) >= 11 is 6.22. The van der Waals surface area contributed by atoms with Crippen LogP contribution in [0, 0.1) is 0 Å². The molecule has 0 spiro atoms. The summed E-state index contributed by atoms with van der Waals surface area (Å²) < 4.78 is 21.2. The maximum absolute atomic E-state index is 12.4. The Morgan fingerprint density at radius 3 is 2.63 bits per heavy atom. The summed E-state index contributed by atoms with van der Waals surface area (Å²) in [5.41, 5.74) is -0.172. The highest BCUT2D eigenvalue weighted by Crippen LogP contribution is 2.37. The van der Waals surface area contributed by atoms with Crippen molar-refractivity contribution in [1.29, 1.82) is 0 Å². The average molecular weight is 399 g/mol. The molecule has 8 nitrogen and oxygen atoms in total. The highest BCUT2D eigenvalue weighted by atomic mass is 35.5. The maximum Gasteiger partial charge on any atom is 0.307 e. The molecule has 1 aromatic rings. The van der Waals surface area contributed by atoms with E-state index in [2.05, 4.69) is 10.6 Å². The summed E-state index contributed by atoms with van der Waals surface area (Å²) in [6.07, 6.45) is 1.67. The fraction of sp³-hybridized carbons (Fsp3) is 0.556. The van der Waals surface area contributed by atoms with Crippen LogP contribution in [0.15, 0.2) is 12.1 Å². The van der Waals surface area contributed by atoms with Crippen LogP contribution in [0.1, 0.15) is 19.3 Å². The monoisotopic (exact) mass is 398 g/mol. The molecule has 9 heteroatoms. The van der Waals surface area contributed by atoms with E-state index in [4.69, 9.17) is 30.5 Å². The van der Waals surface area contributed by atoms with Gasteiger partial charge in [0.1, 0.15) is 13.2 Å². The van der Waals surface area contributed by atoms with Crippen molar-refractivity contribution in [3.05, 3.63) is 17.2 Å². The number of nitrogens with one attached hydrogen (secondary N) is 2. The number of benzene rings is 1. The van der Waals surface area contributed by atoms with Gasteiger partial charge in [-0.3, -0.25) is 9.59 Å². The predicted molar refractivity (Wildman–Crippen MR) is 98.5 cm³/mol. The molecule has 2 aliphatic heterocycles. The SMILES string of the molecule is COC(=O)C[C@]1(NCC(=O)Nc2cc3c(cc2Cl)OCCO3)CCCOC1. The Bertz CT molecular complexity index is 705. The van der Waals surface area contributed by atoms with Crippen LogP contribution < -0.4 is 20.1 Å². The molecular weight excluding hydrogens is 376 g/mol. The van der Waals surface area contributed by atoms with Gasteiger partial charge in [0.15, 0.2) is 11.5 Å². The summed E-state index contributed by atoms with van der Waals surface area (Å²) in [5.74, 6) is 0.460. The predicted octanol–water partition coefficient (Wildman–Crippen LogP) is 1.75. The van der Waals surface area contributed by atoms with Crippen LogP contribution in [0.4, 0.5) is 5.69 Å². The molecule has 1 atom stereocenters. The minimum absolute atomic E-state index is 0.00508. The number of anilines is 1. The summed E-state index contributed by atoms with van der Waals surface area (Å²) in [6.45, 7) is 1.90. The number of rotatable bonds is 6. The van der Waals surface area contributed by atoms with Gasteiger partial charge in [0.25, 0.3) is 0 Å². The second kappa shape index (κ2) is 8.77. The fourth-order valence-electron chi connectivity index (χ4n) is 3.16. The Balaban J connectivity index is 1.62. The van der Waals surface area contributed by atoms with Gasteiger partial charge < -0.3 is 29.6 Å². The largest absolute Gasteiger partial charge is 0.486 e. The second-order valence-electron chi connectivity index (χ2n) is 6.57. The van der Waals surface area contributed by atoms with Gasteiger partial charge in [-0.1, -0.05) is 11.6 Å². The zero-order valence-electron chi connectivity index (χ0n) is 15.1. The normalized spacial score (nSPS) is 21.4. The van der Waals surface area contributed by atoms with E-state index >= 15 is 0 Å². The van der Waals surface area contributed by atoms with Gasteiger partial charge in [-0.25, -0.2) is 0 Å². The van der Waals surface area contributed by atoms with Crippen molar-refractivity contribution in [3.8, 4) is 11.5 Å². The Labute approximate surface area is 162 Å². The molecule has 27 heavy (non-hydrogen) atoms. The number of carbonyl (C=O) groups excluding carboxylic acids is 2. The van der Waals surface area contributed by atoms with E-state index < -0.39 is 5.54 Å². The third-order valence-electron chi connectivity index (χ3n) is 4.56. The molecule has 2 heterocycles. The smallest absolute Gasteiger partial charge is 0.307 e. The van der Waals surface area contributed by atoms with Crippen molar-refractivity contribution < 1.29 is 28.5 Å². The lowest BCUT2D eigenvalue weighted by molar-refractivity contribution is -0.144. The minimum atomic E-state index is -0.612. The van der Waals surface area contributed by atoms with E-state index in [-0.39, 0.29) is 24.8 Å². The number of amides is 1. The highest BCUT2D eigenvalue weighted by Gasteiger charge is 2.35. The summed E-state index contributed by atoms with van der Waals surface area (Å²) in [4.78, 5) is 24.2. The number of fused-ring (bicyclic) bond motifs is 1. The minimum Gasteiger partial charge on any atom is -0.486 e. The lowest BCUT2D eigenvalue weighted by Crippen LogP contribution is -2.55. The molecule has 0 saturated carbocycles. The van der Waals surface area contributed by atoms with Crippen molar-refractivity contribution in [2.45, 2.75) is 24.8 Å². The molecule has 1 saturated heterocycles. The fourth-order valence-corrected chi connectivity index (χ4v) is 3.36. The van der Waals surface area contributed by atoms with E-state index in [0.717, 1.165) is 12.8 Å². The topological polar surface area (TPSA) is 95.1 Å². The van der Waals surface area contributed by atoms with Crippen LogP contribution in [0.2, 0.25) is 5.02 Å². The first-order chi connectivity index (χ1) is 13.0. The van der Waals surface area contributed by atoms with E-state index in [9.17, 15) is 9.59 Å². The van der Waals surface area contributed by atoms with Gasteiger partial charge in [0.2, 0.25) is 5.91 Å². The number of hydrogen-bond acceptors (Lipinski definition) is 7. The summed E-state index contributed by atoms with van der Waals surface area (Å²) in [7, 11) is 1.34. The Morgan fingerprint density at radius 2 is 1.96 bits per heavy atom. The molecule has 2 aliphatic rings. The quantitative estimate of drug-likeness (QED) is 0.705. The average Bonchev–Trinajstić information content (AvgIpc) is 2.68. The van der Waals surface area contributed by atoms with Crippen LogP contribution in [0.5, 0.6) is 11.5 Å². The number of esters is 1. The third-order valence-corrected chi connectivity index (χ3v) is 4.88. The number of ether oxygens (including phenoxy) is 4. The molecule has 0 bridgehead atoms. The molecule has 148 valence electrons. The first kappa shape index (κ1) is 19.7. The molecule has 0 aliphatic carbocycles. The molecule has 0 radical (unpaired) electrons. The Kier molecular flexibility index (Phi) is 6.41. The van der Waals surface area contributed by atoms with Gasteiger partial charge in [-0.15, -0.1) is 0 Å². The van der Waals surface area contributed by atoms with Crippen molar-refractivity contribution in [1.82, 2.24) is 5.32 Å². The van der Waals surface area contributed by atoms with E-state index in [0.29, 0.717) is 48.6 Å². The maximum atomic E-state index is 12.4. The van der Waals surface area contributed by atoms with Crippen LogP contribution in [-0.4, -0.2) is 57.5 Å². The number of methoxy groups -OCH3 is 1. The van der Waals surface area contributed by atoms with Crippen LogP contribution in [-0.2, 0) is 19.1 Å². The first-order valence-corrected chi connectivity index (χ1v) is 9.18. The summed E-state index contributed by atoms with van der Waals surface area (Å²) in [6, 6.07) is 3.26. The van der Waals surface area contributed by atoms with E-state index in [1.165, 1.54) is 7.11 Å². The van der Waals surface area contributed by atoms with Crippen LogP contribution >= 0.6 is 11.6 Å². The van der Waals surface area contributed by atoms with Crippen LogP contribution in [0.3, 0.4) is 0 Å². The van der Waals surface area contributed by atoms with E-state index in [1.807, 2.05) is 0 Å². The highest BCUT2D eigenvalue weighted by molar-refractivity contribution is 6.34. The van der Waals surface area contributed by atoms with Crippen molar-refractivity contribution in [2.24, 2.45) is 0 Å². The van der Waals surface area contributed by atoms with Gasteiger partial charge in [0, 0.05) is 18.7 Å². The number of carbonyl (C=O) groups is 2. The van der Waals surface area contributed by atoms with Crippen molar-refractivity contribution >= 4 is 29.2 Å². The zero-order chi connectivity index (χ0) is 19.3. The van der Waals surface area contributed by atoms with E-state index in [1.54, 1.807) is 12.1 Å². The van der Waals surface area contributed by atoms with Crippen LogP contribution in [0.25, 0.3) is 0 Å². The molecule has 1 fully saturated rings. The van der Waals surface area contributed by atoms with Crippen molar-refractivity contribution in [2.75, 3.05) is 45.4 Å². The van der Waals surface area contributed by atoms with Crippen molar-refractivity contribution in [3.63, 3.8) is 0 Å². The molecule has 0 aromatic heterocycles. The second-order valence-corrected chi connectivity index (χ2v) is 6.97. The third kappa shape index (κ3) is 5.03. The molecule has 2 N–H and O–H groups in total. The standard InChI is InChI=1S/C18H23ClN2O6/c1-24-17(23)9-18(3-2-4-25-11-18)20-10-16(22)21-13-8-15-14(7-12(13)19)26-5-6-27-15/h7-8,20H,2-6,9-11H2,1H3,(H,21,22)/t18-/m1/s1. The van der Waals surface area contributed by atoms with Gasteiger partial charge in [-0.05, 0) is 12.8 Å². The Morgan fingerprint density at radius 1 is 1.22 bits per heavy atom. The van der Waals surface area contributed by atoms with Gasteiger partial charge >= 0.3 is 5.97 Å².